The van der Waals surface area contributed by atoms with E-state index in [2.05, 4.69) is 51.6 Å². The number of amides is 1. The maximum Gasteiger partial charge on any atom is 0.490 e. The number of carbonyl (C=O) groups excluding carboxylic acids is 1. The molecule has 9 nitrogen and oxygen atoms in total. The predicted octanol–water partition coefficient (Wildman–Crippen LogP) is 5.25. The normalized spacial score (nSPS) is 15.7. The van der Waals surface area contributed by atoms with Gasteiger partial charge in [-0.15, -0.1) is 0 Å². The smallest absolute Gasteiger partial charge is 0.490 e. The Hall–Kier alpha value is -5.13. The molecule has 3 heterocycles. The predicted molar refractivity (Wildman–Crippen MR) is 159 cm³/mol. The zero-order valence-corrected chi connectivity index (χ0v) is 23.8. The standard InChI is InChI=1S/C30H29N5O2.C2HF3O2/c1-37-25-13-11-22(12-14-25)18-35-27-28(33-26(30(35)36)17-21-7-3-2-4-8-21)31-20-32-29(27)34-16-15-23-9-5-6-10-24(23)19-34;3-2(4,5)1(6)7/h2-14,20,26H,15-19H2,1H3,(H,31,32,33);(H,6,7). The highest BCUT2D eigenvalue weighted by Gasteiger charge is 2.39. The number of ether oxygens (including phenoxy) is 1. The minimum atomic E-state index is -5.08. The summed E-state index contributed by atoms with van der Waals surface area (Å²) in [5.41, 5.74) is 5.52. The summed E-state index contributed by atoms with van der Waals surface area (Å²) in [5, 5.41) is 10.6. The summed E-state index contributed by atoms with van der Waals surface area (Å²) in [6, 6.07) is 26.0. The van der Waals surface area contributed by atoms with E-state index < -0.39 is 18.2 Å². The summed E-state index contributed by atoms with van der Waals surface area (Å²) in [7, 11) is 1.65. The molecule has 44 heavy (non-hydrogen) atoms. The Labute approximate surface area is 251 Å². The van der Waals surface area contributed by atoms with E-state index in [1.807, 2.05) is 47.4 Å². The molecule has 0 bridgehead atoms. The molecule has 1 unspecified atom stereocenters. The van der Waals surface area contributed by atoms with Crippen molar-refractivity contribution in [2.75, 3.05) is 28.8 Å². The number of benzene rings is 3. The van der Waals surface area contributed by atoms with Crippen LogP contribution in [0.1, 0.15) is 22.3 Å². The van der Waals surface area contributed by atoms with Crippen LogP contribution in [0.5, 0.6) is 5.75 Å². The van der Waals surface area contributed by atoms with Crippen LogP contribution in [0.25, 0.3) is 0 Å². The monoisotopic (exact) mass is 605 g/mol. The van der Waals surface area contributed by atoms with E-state index in [0.29, 0.717) is 18.8 Å². The van der Waals surface area contributed by atoms with Gasteiger partial charge in [-0.05, 0) is 40.8 Å². The van der Waals surface area contributed by atoms with Crippen molar-refractivity contribution in [3.63, 3.8) is 0 Å². The van der Waals surface area contributed by atoms with Gasteiger partial charge in [0, 0.05) is 19.5 Å². The number of carbonyl (C=O) groups is 2. The summed E-state index contributed by atoms with van der Waals surface area (Å²) in [6.07, 6.45) is -1.97. The Morgan fingerprint density at radius 1 is 0.977 bits per heavy atom. The maximum absolute atomic E-state index is 14.0. The zero-order chi connectivity index (χ0) is 31.3. The summed E-state index contributed by atoms with van der Waals surface area (Å²) in [4.78, 5) is 36.3. The third kappa shape index (κ3) is 6.91. The van der Waals surface area contributed by atoms with Crippen molar-refractivity contribution in [1.82, 2.24) is 9.97 Å². The molecule has 2 N–H and O–H groups in total. The van der Waals surface area contributed by atoms with Gasteiger partial charge in [0.05, 0.1) is 13.7 Å². The number of methoxy groups -OCH3 is 1. The molecule has 0 fully saturated rings. The average Bonchev–Trinajstić information content (AvgIpc) is 3.03. The summed E-state index contributed by atoms with van der Waals surface area (Å²) in [5.74, 6) is -0.480. The maximum atomic E-state index is 14.0. The van der Waals surface area contributed by atoms with E-state index in [1.165, 1.54) is 11.1 Å². The Bertz CT molecular complexity index is 1620. The van der Waals surface area contributed by atoms with Crippen molar-refractivity contribution in [2.24, 2.45) is 0 Å². The highest BCUT2D eigenvalue weighted by atomic mass is 19.4. The number of aliphatic carboxylic acids is 1. The molecule has 1 amide bonds. The first kappa shape index (κ1) is 30.3. The number of carboxylic acid groups (broad SMARTS) is 1. The molecule has 12 heteroatoms. The van der Waals surface area contributed by atoms with Crippen molar-refractivity contribution >= 4 is 29.2 Å². The van der Waals surface area contributed by atoms with Crippen LogP contribution in [0.3, 0.4) is 0 Å². The Balaban J connectivity index is 0.000000493. The van der Waals surface area contributed by atoms with Crippen LogP contribution in [0.15, 0.2) is 85.2 Å². The number of hydrogen-bond donors (Lipinski definition) is 2. The minimum absolute atomic E-state index is 0.0145. The van der Waals surface area contributed by atoms with Crippen molar-refractivity contribution in [3.05, 3.63) is 107 Å². The Morgan fingerprint density at radius 2 is 1.64 bits per heavy atom. The summed E-state index contributed by atoms with van der Waals surface area (Å²) in [6.45, 7) is 2.00. The SMILES string of the molecule is COc1ccc(CN2C(=O)C(Cc3ccccc3)Nc3ncnc(N4CCc5ccccc5C4)c32)cc1.O=C(O)C(F)(F)F. The molecule has 6 rings (SSSR count). The van der Waals surface area contributed by atoms with Gasteiger partial charge in [-0.2, -0.15) is 13.2 Å². The lowest BCUT2D eigenvalue weighted by atomic mass is 9.99. The number of nitrogens with one attached hydrogen (secondary N) is 1. The van der Waals surface area contributed by atoms with Gasteiger partial charge < -0.3 is 20.1 Å². The third-order valence-corrected chi connectivity index (χ3v) is 7.40. The fourth-order valence-electron chi connectivity index (χ4n) is 5.22. The van der Waals surface area contributed by atoms with E-state index in [4.69, 9.17) is 19.6 Å². The number of anilines is 3. The quantitative estimate of drug-likeness (QED) is 0.307. The Kier molecular flexibility index (Phi) is 8.98. The fourth-order valence-corrected chi connectivity index (χ4v) is 5.22. The first-order chi connectivity index (χ1) is 21.1. The van der Waals surface area contributed by atoms with Crippen molar-refractivity contribution < 1.29 is 32.6 Å². The molecule has 3 aromatic carbocycles. The number of alkyl halides is 3. The average molecular weight is 606 g/mol. The Morgan fingerprint density at radius 3 is 2.30 bits per heavy atom. The van der Waals surface area contributed by atoms with E-state index >= 15 is 0 Å². The van der Waals surface area contributed by atoms with Crippen LogP contribution in [0.2, 0.25) is 0 Å². The van der Waals surface area contributed by atoms with Gasteiger partial charge in [0.1, 0.15) is 23.8 Å². The van der Waals surface area contributed by atoms with Crippen molar-refractivity contribution in [3.8, 4) is 5.75 Å². The number of rotatable bonds is 6. The second-order valence-electron chi connectivity index (χ2n) is 10.3. The number of nitrogens with zero attached hydrogens (tertiary/aromatic N) is 4. The van der Waals surface area contributed by atoms with Gasteiger partial charge in [0.2, 0.25) is 5.91 Å². The molecule has 0 saturated heterocycles. The van der Waals surface area contributed by atoms with Crippen LogP contribution < -0.4 is 19.9 Å². The number of hydrogen-bond acceptors (Lipinski definition) is 7. The molecule has 0 aliphatic carbocycles. The van der Waals surface area contributed by atoms with Gasteiger partial charge in [-0.3, -0.25) is 9.69 Å². The molecule has 0 saturated carbocycles. The largest absolute Gasteiger partial charge is 0.497 e. The second-order valence-corrected chi connectivity index (χ2v) is 10.3. The number of carboxylic acids is 1. The second kappa shape index (κ2) is 13.0. The number of halogens is 3. The molecule has 228 valence electrons. The number of fused-ring (bicyclic) bond motifs is 2. The van der Waals surface area contributed by atoms with E-state index in [9.17, 15) is 18.0 Å². The number of aromatic nitrogens is 2. The van der Waals surface area contributed by atoms with Gasteiger partial charge in [-0.25, -0.2) is 14.8 Å². The lowest BCUT2D eigenvalue weighted by molar-refractivity contribution is -0.192. The molecule has 0 spiro atoms. The van der Waals surface area contributed by atoms with Crippen LogP contribution >= 0.6 is 0 Å². The van der Waals surface area contributed by atoms with Gasteiger partial charge in [0.15, 0.2) is 11.6 Å². The molecular formula is C32H30F3N5O4. The first-order valence-corrected chi connectivity index (χ1v) is 13.9. The molecular weight excluding hydrogens is 575 g/mol. The van der Waals surface area contributed by atoms with E-state index in [1.54, 1.807) is 13.4 Å². The highest BCUT2D eigenvalue weighted by Crippen LogP contribution is 2.40. The van der Waals surface area contributed by atoms with E-state index in [0.717, 1.165) is 47.9 Å². The van der Waals surface area contributed by atoms with Crippen molar-refractivity contribution in [1.29, 1.82) is 0 Å². The van der Waals surface area contributed by atoms with Crippen LogP contribution in [0, 0.1) is 0 Å². The van der Waals surface area contributed by atoms with Gasteiger partial charge >= 0.3 is 12.1 Å². The highest BCUT2D eigenvalue weighted by molar-refractivity contribution is 6.07. The molecule has 1 atom stereocenters. The summed E-state index contributed by atoms with van der Waals surface area (Å²) >= 11 is 0. The minimum Gasteiger partial charge on any atom is -0.497 e. The van der Waals surface area contributed by atoms with Gasteiger partial charge in [-0.1, -0.05) is 66.7 Å². The fraction of sp³-hybridized carbons (Fsp3) is 0.250. The molecule has 2 aliphatic rings. The van der Waals surface area contributed by atoms with Crippen LogP contribution in [0.4, 0.5) is 30.5 Å². The molecule has 2 aliphatic heterocycles. The lowest BCUT2D eigenvalue weighted by Gasteiger charge is -2.38. The van der Waals surface area contributed by atoms with Gasteiger partial charge in [0.25, 0.3) is 0 Å². The topological polar surface area (TPSA) is 108 Å². The molecule has 1 aromatic heterocycles. The molecule has 4 aromatic rings. The van der Waals surface area contributed by atoms with Crippen LogP contribution in [-0.2, 0) is 35.5 Å². The van der Waals surface area contributed by atoms with E-state index in [-0.39, 0.29) is 5.91 Å². The third-order valence-electron chi connectivity index (χ3n) is 7.40. The zero-order valence-electron chi connectivity index (χ0n) is 23.8. The van der Waals surface area contributed by atoms with Crippen LogP contribution in [-0.4, -0.2) is 52.8 Å². The lowest BCUT2D eigenvalue weighted by Crippen LogP contribution is -2.49. The van der Waals surface area contributed by atoms with Crippen molar-refractivity contribution in [2.45, 2.75) is 38.1 Å². The first-order valence-electron chi connectivity index (χ1n) is 13.9. The molecule has 0 radical (unpaired) electrons. The summed E-state index contributed by atoms with van der Waals surface area (Å²) < 4.78 is 37.1.